The highest BCUT2D eigenvalue weighted by atomic mass is 16.5. The van der Waals surface area contributed by atoms with Crippen LogP contribution in [0.15, 0.2) is 0 Å². The SMILES string of the molecule is COCCOCCOCCCC(=O)CC(C)=O. The fourth-order valence-corrected chi connectivity index (χ4v) is 1.20. The number of rotatable bonds is 12. The van der Waals surface area contributed by atoms with Crippen LogP contribution in [0.4, 0.5) is 0 Å². The van der Waals surface area contributed by atoms with E-state index >= 15 is 0 Å². The van der Waals surface area contributed by atoms with Crippen LogP contribution in [-0.2, 0) is 23.8 Å². The molecule has 0 aliphatic heterocycles. The summed E-state index contributed by atoms with van der Waals surface area (Å²) in [4.78, 5) is 21.8. The average Bonchev–Trinajstić information content (AvgIpc) is 2.26. The van der Waals surface area contributed by atoms with Crippen molar-refractivity contribution in [2.75, 3.05) is 40.1 Å². The molecule has 0 rings (SSSR count). The molecule has 0 aliphatic carbocycles. The molecule has 0 spiro atoms. The first-order valence-electron chi connectivity index (χ1n) is 5.82. The molecular weight excluding hydrogens is 224 g/mol. The Labute approximate surface area is 102 Å². The van der Waals surface area contributed by atoms with Crippen molar-refractivity contribution >= 4 is 11.6 Å². The van der Waals surface area contributed by atoms with Gasteiger partial charge in [0, 0.05) is 20.1 Å². The second-order valence-electron chi connectivity index (χ2n) is 3.74. The Morgan fingerprint density at radius 2 is 1.53 bits per heavy atom. The van der Waals surface area contributed by atoms with Crippen LogP contribution >= 0.6 is 0 Å². The van der Waals surface area contributed by atoms with Crippen molar-refractivity contribution in [1.82, 2.24) is 0 Å². The normalized spacial score (nSPS) is 10.5. The van der Waals surface area contributed by atoms with Crippen LogP contribution in [-0.4, -0.2) is 51.7 Å². The molecule has 0 radical (unpaired) electrons. The van der Waals surface area contributed by atoms with Crippen molar-refractivity contribution in [2.45, 2.75) is 26.2 Å². The van der Waals surface area contributed by atoms with Gasteiger partial charge in [-0.3, -0.25) is 9.59 Å². The number of methoxy groups -OCH3 is 1. The van der Waals surface area contributed by atoms with Crippen molar-refractivity contribution in [2.24, 2.45) is 0 Å². The number of carbonyl (C=O) groups excluding carboxylic acids is 2. The molecule has 17 heavy (non-hydrogen) atoms. The van der Waals surface area contributed by atoms with E-state index in [1.807, 2.05) is 0 Å². The summed E-state index contributed by atoms with van der Waals surface area (Å²) < 4.78 is 15.3. The second-order valence-corrected chi connectivity index (χ2v) is 3.74. The third kappa shape index (κ3) is 13.2. The third-order valence-electron chi connectivity index (χ3n) is 1.99. The van der Waals surface area contributed by atoms with Gasteiger partial charge < -0.3 is 14.2 Å². The molecule has 0 atom stereocenters. The van der Waals surface area contributed by atoms with E-state index in [0.29, 0.717) is 45.9 Å². The molecule has 0 aromatic rings. The minimum absolute atomic E-state index is 0.0163. The zero-order valence-electron chi connectivity index (χ0n) is 10.7. The molecule has 5 nitrogen and oxygen atoms in total. The van der Waals surface area contributed by atoms with Gasteiger partial charge in [0.2, 0.25) is 0 Å². The number of hydrogen-bond acceptors (Lipinski definition) is 5. The van der Waals surface area contributed by atoms with Crippen LogP contribution in [0, 0.1) is 0 Å². The van der Waals surface area contributed by atoms with Crippen LogP contribution in [0.1, 0.15) is 26.2 Å². The molecule has 0 aromatic heterocycles. The Morgan fingerprint density at radius 3 is 2.12 bits per heavy atom. The van der Waals surface area contributed by atoms with E-state index in [1.165, 1.54) is 6.92 Å². The predicted molar refractivity (Wildman–Crippen MR) is 63.1 cm³/mol. The standard InChI is InChI=1S/C12H22O5/c1-11(13)10-12(14)4-3-5-16-8-9-17-7-6-15-2/h3-10H2,1-2H3. The first-order chi connectivity index (χ1) is 8.16. The smallest absolute Gasteiger partial charge is 0.140 e. The number of Topliss-reactive ketones (excluding diaryl/α,β-unsaturated/α-hetero) is 2. The van der Waals surface area contributed by atoms with Gasteiger partial charge in [0.15, 0.2) is 0 Å². The molecule has 0 aliphatic rings. The Balaban J connectivity index is 3.13. The minimum Gasteiger partial charge on any atom is -0.382 e. The van der Waals surface area contributed by atoms with E-state index in [0.717, 1.165) is 0 Å². The highest BCUT2D eigenvalue weighted by Gasteiger charge is 2.04. The van der Waals surface area contributed by atoms with Gasteiger partial charge in [0.25, 0.3) is 0 Å². The van der Waals surface area contributed by atoms with E-state index in [2.05, 4.69) is 0 Å². The summed E-state index contributed by atoms with van der Waals surface area (Å²) in [6.45, 7) is 4.15. The van der Waals surface area contributed by atoms with Crippen LogP contribution in [0.25, 0.3) is 0 Å². The summed E-state index contributed by atoms with van der Waals surface area (Å²) in [6, 6.07) is 0. The van der Waals surface area contributed by atoms with Gasteiger partial charge in [0.05, 0.1) is 32.8 Å². The molecule has 100 valence electrons. The van der Waals surface area contributed by atoms with Crippen molar-refractivity contribution in [3.8, 4) is 0 Å². The molecular formula is C12H22O5. The van der Waals surface area contributed by atoms with E-state index in [1.54, 1.807) is 7.11 Å². The largest absolute Gasteiger partial charge is 0.382 e. The number of hydrogen-bond donors (Lipinski definition) is 0. The van der Waals surface area contributed by atoms with Gasteiger partial charge in [-0.25, -0.2) is 0 Å². The molecule has 0 bridgehead atoms. The first kappa shape index (κ1) is 16.2. The fourth-order valence-electron chi connectivity index (χ4n) is 1.20. The van der Waals surface area contributed by atoms with E-state index < -0.39 is 0 Å². The number of ether oxygens (including phenoxy) is 3. The first-order valence-corrected chi connectivity index (χ1v) is 5.82. The maximum Gasteiger partial charge on any atom is 0.140 e. The summed E-state index contributed by atoms with van der Waals surface area (Å²) in [5.41, 5.74) is 0. The van der Waals surface area contributed by atoms with E-state index in [4.69, 9.17) is 14.2 Å². The van der Waals surface area contributed by atoms with Crippen molar-refractivity contribution in [3.05, 3.63) is 0 Å². The molecule has 0 fully saturated rings. The lowest BCUT2D eigenvalue weighted by Gasteiger charge is -2.05. The van der Waals surface area contributed by atoms with Gasteiger partial charge in [-0.05, 0) is 13.3 Å². The lowest BCUT2D eigenvalue weighted by atomic mass is 10.1. The Hall–Kier alpha value is -0.780. The lowest BCUT2D eigenvalue weighted by Crippen LogP contribution is -2.10. The van der Waals surface area contributed by atoms with Crippen LogP contribution in [0.3, 0.4) is 0 Å². The summed E-state index contributed by atoms with van der Waals surface area (Å²) >= 11 is 0. The molecule has 0 N–H and O–H groups in total. The molecule has 0 saturated carbocycles. The summed E-state index contributed by atoms with van der Waals surface area (Å²) in [7, 11) is 1.62. The van der Waals surface area contributed by atoms with Gasteiger partial charge in [-0.1, -0.05) is 0 Å². The molecule has 0 saturated heterocycles. The highest BCUT2D eigenvalue weighted by molar-refractivity contribution is 5.97. The zero-order valence-corrected chi connectivity index (χ0v) is 10.7. The van der Waals surface area contributed by atoms with Crippen LogP contribution < -0.4 is 0 Å². The number of carbonyl (C=O) groups is 2. The lowest BCUT2D eigenvalue weighted by molar-refractivity contribution is -0.126. The number of ketones is 2. The molecule has 5 heteroatoms. The zero-order chi connectivity index (χ0) is 12.9. The summed E-state index contributed by atoms with van der Waals surface area (Å²) in [5, 5.41) is 0. The maximum absolute atomic E-state index is 11.1. The van der Waals surface area contributed by atoms with Crippen molar-refractivity contribution in [1.29, 1.82) is 0 Å². The van der Waals surface area contributed by atoms with Gasteiger partial charge in [-0.2, -0.15) is 0 Å². The van der Waals surface area contributed by atoms with Gasteiger partial charge in [-0.15, -0.1) is 0 Å². The minimum atomic E-state index is -0.0811. The second kappa shape index (κ2) is 11.7. The quantitative estimate of drug-likeness (QED) is 0.379. The van der Waals surface area contributed by atoms with Crippen molar-refractivity contribution < 1.29 is 23.8 Å². The Morgan fingerprint density at radius 1 is 0.941 bits per heavy atom. The Bertz CT molecular complexity index is 215. The summed E-state index contributed by atoms with van der Waals surface area (Å²) in [6.07, 6.45) is 1.11. The van der Waals surface area contributed by atoms with E-state index in [-0.39, 0.29) is 18.0 Å². The molecule has 0 heterocycles. The summed E-state index contributed by atoms with van der Waals surface area (Å²) in [5.74, 6) is -0.0973. The van der Waals surface area contributed by atoms with Gasteiger partial charge in [0.1, 0.15) is 11.6 Å². The van der Waals surface area contributed by atoms with Crippen LogP contribution in [0.2, 0.25) is 0 Å². The monoisotopic (exact) mass is 246 g/mol. The average molecular weight is 246 g/mol. The maximum atomic E-state index is 11.1. The topological polar surface area (TPSA) is 61.8 Å². The molecule has 0 amide bonds. The molecule has 0 unspecified atom stereocenters. The molecule has 0 aromatic carbocycles. The van der Waals surface area contributed by atoms with Gasteiger partial charge >= 0.3 is 0 Å². The van der Waals surface area contributed by atoms with E-state index in [9.17, 15) is 9.59 Å². The highest BCUT2D eigenvalue weighted by Crippen LogP contribution is 1.96. The predicted octanol–water partition coefficient (Wildman–Crippen LogP) is 0.994. The fraction of sp³-hybridized carbons (Fsp3) is 0.833. The third-order valence-corrected chi connectivity index (χ3v) is 1.99. The van der Waals surface area contributed by atoms with Crippen LogP contribution in [0.5, 0.6) is 0 Å². The van der Waals surface area contributed by atoms with Crippen molar-refractivity contribution in [3.63, 3.8) is 0 Å². The Kier molecular flexibility index (Phi) is 11.2.